The van der Waals surface area contributed by atoms with Gasteiger partial charge in [-0.25, -0.2) is 4.98 Å². The quantitative estimate of drug-likeness (QED) is 0.394. The normalized spacial score (nSPS) is 17.6. The third-order valence-corrected chi connectivity index (χ3v) is 8.27. The van der Waals surface area contributed by atoms with Crippen molar-refractivity contribution in [1.82, 2.24) is 14.9 Å². The lowest BCUT2D eigenvalue weighted by Crippen LogP contribution is -2.35. The number of hydrogen-bond acceptors (Lipinski definition) is 6. The zero-order valence-electron chi connectivity index (χ0n) is 17.7. The molecule has 1 fully saturated rings. The zero-order valence-corrected chi connectivity index (χ0v) is 19.3. The van der Waals surface area contributed by atoms with Crippen LogP contribution >= 0.6 is 23.1 Å². The summed E-state index contributed by atoms with van der Waals surface area (Å²) in [5, 5.41) is 4.60. The summed E-state index contributed by atoms with van der Waals surface area (Å²) in [6.07, 6.45) is 11.4. The van der Waals surface area contributed by atoms with Gasteiger partial charge in [-0.2, -0.15) is 0 Å². The molecule has 4 rings (SSSR count). The Balaban J connectivity index is 1.54. The Labute approximate surface area is 185 Å². The minimum Gasteiger partial charge on any atom is -0.383 e. The molecule has 2 aliphatic rings. The second-order valence-corrected chi connectivity index (χ2v) is 10.3. The smallest absolute Gasteiger partial charge is 0.263 e. The number of thioether (sulfide) groups is 1. The van der Waals surface area contributed by atoms with E-state index in [1.54, 1.807) is 23.0 Å². The number of rotatable bonds is 7. The monoisotopic (exact) mass is 449 g/mol. The summed E-state index contributed by atoms with van der Waals surface area (Å²) < 4.78 is 6.93. The molecular formula is C22H31N3O3S2. The topological polar surface area (TPSA) is 73.2 Å². The van der Waals surface area contributed by atoms with E-state index >= 15 is 0 Å². The van der Waals surface area contributed by atoms with E-state index in [-0.39, 0.29) is 23.3 Å². The summed E-state index contributed by atoms with van der Waals surface area (Å²) in [6.45, 7) is 0.900. The van der Waals surface area contributed by atoms with E-state index in [9.17, 15) is 9.59 Å². The number of aromatic nitrogens is 2. The first-order valence-electron chi connectivity index (χ1n) is 11.1. The number of hydrogen-bond donors (Lipinski definition) is 1. The third kappa shape index (κ3) is 4.92. The number of nitrogens with zero attached hydrogens (tertiary/aromatic N) is 2. The van der Waals surface area contributed by atoms with E-state index in [0.717, 1.165) is 42.3 Å². The molecule has 0 saturated heterocycles. The van der Waals surface area contributed by atoms with E-state index in [1.807, 2.05) is 0 Å². The number of ether oxygens (including phenoxy) is 1. The van der Waals surface area contributed by atoms with Crippen LogP contribution in [0.1, 0.15) is 61.8 Å². The lowest BCUT2D eigenvalue weighted by molar-refractivity contribution is -0.119. The highest BCUT2D eigenvalue weighted by molar-refractivity contribution is 7.99. The second-order valence-electron chi connectivity index (χ2n) is 8.28. The van der Waals surface area contributed by atoms with Crippen LogP contribution in [0, 0.1) is 0 Å². The summed E-state index contributed by atoms with van der Waals surface area (Å²) in [7, 11) is 1.64. The van der Waals surface area contributed by atoms with Crippen molar-refractivity contribution in [2.24, 2.45) is 0 Å². The summed E-state index contributed by atoms with van der Waals surface area (Å²) in [5.74, 6) is 0.317. The number of fused-ring (bicyclic) bond motifs is 3. The van der Waals surface area contributed by atoms with Gasteiger partial charge < -0.3 is 10.1 Å². The van der Waals surface area contributed by atoms with Gasteiger partial charge in [0.1, 0.15) is 4.83 Å². The molecule has 1 saturated carbocycles. The van der Waals surface area contributed by atoms with E-state index in [2.05, 4.69) is 5.32 Å². The molecule has 0 aliphatic heterocycles. The average Bonchev–Trinajstić information content (AvgIpc) is 2.92. The average molecular weight is 450 g/mol. The molecule has 0 bridgehead atoms. The summed E-state index contributed by atoms with van der Waals surface area (Å²) in [4.78, 5) is 32.9. The molecule has 0 spiro atoms. The van der Waals surface area contributed by atoms with Crippen LogP contribution in [0.3, 0.4) is 0 Å². The number of methoxy groups -OCH3 is 1. The van der Waals surface area contributed by atoms with Gasteiger partial charge in [-0.3, -0.25) is 14.2 Å². The predicted molar refractivity (Wildman–Crippen MR) is 123 cm³/mol. The zero-order chi connectivity index (χ0) is 20.9. The minimum absolute atomic E-state index is 0.0168. The molecule has 6 nitrogen and oxygen atoms in total. The van der Waals surface area contributed by atoms with Crippen LogP contribution in [-0.4, -0.2) is 41.0 Å². The Morgan fingerprint density at radius 1 is 1.20 bits per heavy atom. The maximum Gasteiger partial charge on any atom is 0.263 e. The van der Waals surface area contributed by atoms with Gasteiger partial charge >= 0.3 is 0 Å². The second kappa shape index (κ2) is 10.3. The van der Waals surface area contributed by atoms with Crippen molar-refractivity contribution in [3.8, 4) is 0 Å². The molecule has 0 aromatic carbocycles. The van der Waals surface area contributed by atoms with Gasteiger partial charge in [-0.15, -0.1) is 11.3 Å². The first-order valence-corrected chi connectivity index (χ1v) is 12.9. The SMILES string of the molecule is COCCn1c(SCC(=O)NC2CCCCCC2)nc2sc3c(c2c1=O)CCCC3. The van der Waals surface area contributed by atoms with E-state index in [0.29, 0.717) is 18.3 Å². The van der Waals surface area contributed by atoms with Gasteiger partial charge in [0.05, 0.1) is 24.3 Å². The Morgan fingerprint density at radius 2 is 1.97 bits per heavy atom. The molecule has 1 N–H and O–H groups in total. The van der Waals surface area contributed by atoms with Gasteiger partial charge in [-0.1, -0.05) is 37.4 Å². The van der Waals surface area contributed by atoms with Gasteiger partial charge in [0.15, 0.2) is 5.16 Å². The summed E-state index contributed by atoms with van der Waals surface area (Å²) in [6, 6.07) is 0.288. The third-order valence-electron chi connectivity index (χ3n) is 6.11. The van der Waals surface area contributed by atoms with Gasteiger partial charge in [0, 0.05) is 18.0 Å². The van der Waals surface area contributed by atoms with Crippen LogP contribution in [0.5, 0.6) is 0 Å². The maximum atomic E-state index is 13.3. The number of aryl methyl sites for hydroxylation is 2. The Kier molecular flexibility index (Phi) is 7.49. The van der Waals surface area contributed by atoms with Crippen LogP contribution < -0.4 is 10.9 Å². The number of thiophene rings is 1. The Hall–Kier alpha value is -1.38. The highest BCUT2D eigenvalue weighted by atomic mass is 32.2. The fourth-order valence-electron chi connectivity index (χ4n) is 4.53. The molecule has 2 heterocycles. The molecule has 164 valence electrons. The first kappa shape index (κ1) is 21.8. The number of carbonyl (C=O) groups excluding carboxylic acids is 1. The van der Waals surface area contributed by atoms with Gasteiger partial charge in [-0.05, 0) is 44.1 Å². The maximum absolute atomic E-state index is 13.3. The fourth-order valence-corrected chi connectivity index (χ4v) is 6.67. The van der Waals surface area contributed by atoms with E-state index in [4.69, 9.17) is 9.72 Å². The molecule has 8 heteroatoms. The van der Waals surface area contributed by atoms with E-state index < -0.39 is 0 Å². The molecule has 0 atom stereocenters. The highest BCUT2D eigenvalue weighted by Crippen LogP contribution is 2.34. The van der Waals surface area contributed by atoms with E-state index in [1.165, 1.54) is 54.3 Å². The van der Waals surface area contributed by atoms with Crippen LogP contribution in [0.15, 0.2) is 9.95 Å². The molecule has 1 amide bonds. The lowest BCUT2D eigenvalue weighted by Gasteiger charge is -2.16. The van der Waals surface area contributed by atoms with Crippen LogP contribution in [0.2, 0.25) is 0 Å². The van der Waals surface area contributed by atoms with Crippen molar-refractivity contribution in [3.05, 3.63) is 20.8 Å². The molecule has 2 aliphatic carbocycles. The van der Waals surface area contributed by atoms with Crippen LogP contribution in [0.4, 0.5) is 0 Å². The van der Waals surface area contributed by atoms with Crippen molar-refractivity contribution in [3.63, 3.8) is 0 Å². The molecule has 2 aromatic heterocycles. The number of carbonyl (C=O) groups is 1. The predicted octanol–water partition coefficient (Wildman–Crippen LogP) is 3.91. The molecule has 30 heavy (non-hydrogen) atoms. The summed E-state index contributed by atoms with van der Waals surface area (Å²) in [5.41, 5.74) is 1.22. The standard InChI is InChI=1S/C22H31N3O3S2/c1-28-13-12-25-21(27)19-16-10-6-7-11-17(16)30-20(19)24-22(25)29-14-18(26)23-15-8-4-2-3-5-9-15/h15H,2-14H2,1H3,(H,23,26). The Bertz CT molecular complexity index is 945. The number of amides is 1. The minimum atomic E-state index is 0.0168. The van der Waals surface area contributed by atoms with Crippen LogP contribution in [-0.2, 0) is 28.9 Å². The Morgan fingerprint density at radius 3 is 2.73 bits per heavy atom. The van der Waals surface area contributed by atoms with Crippen molar-refractivity contribution < 1.29 is 9.53 Å². The van der Waals surface area contributed by atoms with Crippen molar-refractivity contribution in [2.45, 2.75) is 82.0 Å². The number of nitrogens with one attached hydrogen (secondary N) is 1. The van der Waals surface area contributed by atoms with Crippen LogP contribution in [0.25, 0.3) is 10.2 Å². The van der Waals surface area contributed by atoms with Crippen molar-refractivity contribution in [2.75, 3.05) is 19.5 Å². The summed E-state index contributed by atoms with van der Waals surface area (Å²) >= 11 is 3.02. The molecule has 0 radical (unpaired) electrons. The first-order chi connectivity index (χ1) is 14.7. The largest absolute Gasteiger partial charge is 0.383 e. The molecule has 2 aromatic rings. The molecule has 0 unspecified atom stereocenters. The lowest BCUT2D eigenvalue weighted by atomic mass is 9.97. The van der Waals surface area contributed by atoms with Crippen molar-refractivity contribution >= 4 is 39.2 Å². The fraction of sp³-hybridized carbons (Fsp3) is 0.682. The molecular weight excluding hydrogens is 418 g/mol. The van der Waals surface area contributed by atoms with Gasteiger partial charge in [0.2, 0.25) is 5.91 Å². The van der Waals surface area contributed by atoms with Gasteiger partial charge in [0.25, 0.3) is 5.56 Å². The highest BCUT2D eigenvalue weighted by Gasteiger charge is 2.23. The van der Waals surface area contributed by atoms with Crippen molar-refractivity contribution in [1.29, 1.82) is 0 Å².